The van der Waals surface area contributed by atoms with Crippen LogP contribution in [-0.2, 0) is 4.79 Å². The van der Waals surface area contributed by atoms with E-state index in [0.29, 0.717) is 36.3 Å². The quantitative estimate of drug-likeness (QED) is 0.654. The first-order valence-electron chi connectivity index (χ1n) is 10.3. The van der Waals surface area contributed by atoms with Crippen LogP contribution in [0, 0.1) is 11.8 Å². The fourth-order valence-electron chi connectivity index (χ4n) is 3.26. The van der Waals surface area contributed by atoms with E-state index >= 15 is 0 Å². The molecule has 0 radical (unpaired) electrons. The summed E-state index contributed by atoms with van der Waals surface area (Å²) in [5.41, 5.74) is 0.569. The molecule has 31 heavy (non-hydrogen) atoms. The summed E-state index contributed by atoms with van der Waals surface area (Å²) in [6.07, 6.45) is 2.42. The second kappa shape index (κ2) is 10.7. The average molecular weight is 464 g/mol. The van der Waals surface area contributed by atoms with Gasteiger partial charge in [-0.15, -0.1) is 10.2 Å². The van der Waals surface area contributed by atoms with Gasteiger partial charge < -0.3 is 15.5 Å². The Labute approximate surface area is 190 Å². The van der Waals surface area contributed by atoms with Crippen LogP contribution in [0.3, 0.4) is 0 Å². The summed E-state index contributed by atoms with van der Waals surface area (Å²) in [7, 11) is 0. The maximum absolute atomic E-state index is 12.9. The minimum Gasteiger partial charge on any atom is -0.356 e. The predicted molar refractivity (Wildman–Crippen MR) is 120 cm³/mol. The lowest BCUT2D eigenvalue weighted by Gasteiger charge is -2.31. The molecule has 166 valence electrons. The van der Waals surface area contributed by atoms with E-state index in [4.69, 9.17) is 11.6 Å². The van der Waals surface area contributed by atoms with Gasteiger partial charge in [-0.25, -0.2) is 0 Å². The Hall–Kier alpha value is -2.52. The Balaban J connectivity index is 1.57. The molecular formula is C21H26ClN5O3S. The molecule has 2 aromatic rings. The maximum atomic E-state index is 12.9. The number of piperidine rings is 1. The van der Waals surface area contributed by atoms with E-state index < -0.39 is 5.91 Å². The number of amides is 3. The van der Waals surface area contributed by atoms with Crippen LogP contribution >= 0.6 is 22.9 Å². The molecule has 1 saturated heterocycles. The standard InChI is InChI=1S/C21H26ClN5O3S/c1-13(2)9-10-23-17(28)14-4-3-11-27(12-14)21(30)20-26-25-19(31-20)18(29)24-16-7-5-15(22)6-8-16/h5-8,13-14H,3-4,9-12H2,1-2H3,(H,23,28)(H,24,29)/t14-/m1/s1. The fraction of sp³-hybridized carbons (Fsp3) is 0.476. The SMILES string of the molecule is CC(C)CCNC(=O)[C@@H]1CCCN(C(=O)c2nnc(C(=O)Nc3ccc(Cl)cc3)s2)C1. The Bertz CT molecular complexity index is 931. The third-order valence-electron chi connectivity index (χ3n) is 5.00. The third kappa shape index (κ3) is 6.48. The van der Waals surface area contributed by atoms with Gasteiger partial charge in [0, 0.05) is 30.3 Å². The summed E-state index contributed by atoms with van der Waals surface area (Å²) in [5.74, 6) is -0.472. The van der Waals surface area contributed by atoms with Gasteiger partial charge in [0.25, 0.3) is 11.8 Å². The third-order valence-corrected chi connectivity index (χ3v) is 6.17. The highest BCUT2D eigenvalue weighted by Crippen LogP contribution is 2.21. The summed E-state index contributed by atoms with van der Waals surface area (Å²) in [5, 5.41) is 14.2. The molecule has 1 aromatic carbocycles. The normalized spacial score (nSPS) is 16.3. The van der Waals surface area contributed by atoms with Gasteiger partial charge in [0.05, 0.1) is 5.92 Å². The zero-order valence-electron chi connectivity index (χ0n) is 17.6. The van der Waals surface area contributed by atoms with E-state index in [9.17, 15) is 14.4 Å². The van der Waals surface area contributed by atoms with Crippen LogP contribution < -0.4 is 10.6 Å². The van der Waals surface area contributed by atoms with Crippen molar-refractivity contribution < 1.29 is 14.4 Å². The number of nitrogens with zero attached hydrogens (tertiary/aromatic N) is 3. The molecule has 0 bridgehead atoms. The lowest BCUT2D eigenvalue weighted by atomic mass is 9.97. The van der Waals surface area contributed by atoms with E-state index in [0.717, 1.165) is 30.6 Å². The molecule has 2 heterocycles. The highest BCUT2D eigenvalue weighted by molar-refractivity contribution is 7.15. The second-order valence-electron chi connectivity index (χ2n) is 7.94. The number of halogens is 1. The number of likely N-dealkylation sites (tertiary alicyclic amines) is 1. The minimum atomic E-state index is -0.445. The van der Waals surface area contributed by atoms with Crippen LogP contribution in [0.15, 0.2) is 24.3 Å². The first-order chi connectivity index (χ1) is 14.8. The molecule has 1 aromatic heterocycles. The van der Waals surface area contributed by atoms with Crippen molar-refractivity contribution in [2.45, 2.75) is 33.1 Å². The zero-order valence-corrected chi connectivity index (χ0v) is 19.1. The lowest BCUT2D eigenvalue weighted by molar-refractivity contribution is -0.126. The summed E-state index contributed by atoms with van der Waals surface area (Å²) in [6, 6.07) is 6.68. The van der Waals surface area contributed by atoms with Crippen LogP contribution in [0.2, 0.25) is 5.02 Å². The van der Waals surface area contributed by atoms with Gasteiger partial charge in [0.1, 0.15) is 0 Å². The smallest absolute Gasteiger partial charge is 0.286 e. The Morgan fingerprint density at radius 2 is 1.90 bits per heavy atom. The number of benzene rings is 1. The lowest BCUT2D eigenvalue weighted by Crippen LogP contribution is -2.45. The molecule has 8 nitrogen and oxygen atoms in total. The van der Waals surface area contributed by atoms with Crippen molar-refractivity contribution in [2.24, 2.45) is 11.8 Å². The van der Waals surface area contributed by atoms with Gasteiger partial charge in [-0.3, -0.25) is 14.4 Å². The van der Waals surface area contributed by atoms with E-state index in [-0.39, 0.29) is 27.7 Å². The monoisotopic (exact) mass is 463 g/mol. The molecular weight excluding hydrogens is 438 g/mol. The van der Waals surface area contributed by atoms with Gasteiger partial charge in [-0.1, -0.05) is 36.8 Å². The van der Waals surface area contributed by atoms with Crippen LogP contribution in [0.25, 0.3) is 0 Å². The summed E-state index contributed by atoms with van der Waals surface area (Å²) in [4.78, 5) is 39.3. The van der Waals surface area contributed by atoms with Crippen molar-refractivity contribution in [3.05, 3.63) is 39.3 Å². The number of carbonyl (C=O) groups excluding carboxylic acids is 3. The first-order valence-corrected chi connectivity index (χ1v) is 11.5. The zero-order chi connectivity index (χ0) is 22.4. The number of anilines is 1. The average Bonchev–Trinajstić information content (AvgIpc) is 3.25. The molecule has 0 unspecified atom stereocenters. The Kier molecular flexibility index (Phi) is 7.97. The fourth-order valence-corrected chi connectivity index (χ4v) is 4.09. The van der Waals surface area contributed by atoms with Gasteiger partial charge in [0.15, 0.2) is 0 Å². The van der Waals surface area contributed by atoms with Crippen molar-refractivity contribution in [2.75, 3.05) is 25.0 Å². The first kappa shape index (κ1) is 23.1. The molecule has 1 fully saturated rings. The predicted octanol–water partition coefficient (Wildman–Crippen LogP) is 3.46. The minimum absolute atomic E-state index is 0.0153. The summed E-state index contributed by atoms with van der Waals surface area (Å²) < 4.78 is 0. The molecule has 3 rings (SSSR count). The number of hydrogen-bond acceptors (Lipinski definition) is 6. The van der Waals surface area contributed by atoms with Crippen molar-refractivity contribution in [1.29, 1.82) is 0 Å². The molecule has 0 saturated carbocycles. The molecule has 10 heteroatoms. The van der Waals surface area contributed by atoms with Crippen LogP contribution in [0.1, 0.15) is 52.7 Å². The van der Waals surface area contributed by atoms with Crippen LogP contribution in [0.4, 0.5) is 5.69 Å². The molecule has 1 aliphatic heterocycles. The van der Waals surface area contributed by atoms with Crippen molar-refractivity contribution in [3.8, 4) is 0 Å². The Morgan fingerprint density at radius 1 is 1.19 bits per heavy atom. The van der Waals surface area contributed by atoms with Crippen LogP contribution in [-0.4, -0.2) is 52.5 Å². The van der Waals surface area contributed by atoms with E-state index in [1.165, 1.54) is 0 Å². The number of rotatable bonds is 7. The van der Waals surface area contributed by atoms with Gasteiger partial charge in [-0.2, -0.15) is 0 Å². The molecule has 3 amide bonds. The van der Waals surface area contributed by atoms with Gasteiger partial charge in [-0.05, 0) is 49.4 Å². The van der Waals surface area contributed by atoms with Crippen molar-refractivity contribution >= 4 is 46.3 Å². The topological polar surface area (TPSA) is 104 Å². The number of aromatic nitrogens is 2. The highest BCUT2D eigenvalue weighted by atomic mass is 35.5. The molecule has 0 spiro atoms. The Morgan fingerprint density at radius 3 is 2.61 bits per heavy atom. The van der Waals surface area contributed by atoms with E-state index in [2.05, 4.69) is 34.7 Å². The number of carbonyl (C=O) groups is 3. The summed E-state index contributed by atoms with van der Waals surface area (Å²) >= 11 is 6.78. The highest BCUT2D eigenvalue weighted by Gasteiger charge is 2.30. The molecule has 1 aliphatic rings. The van der Waals surface area contributed by atoms with Gasteiger partial charge in [0.2, 0.25) is 15.9 Å². The molecule has 0 aliphatic carbocycles. The molecule has 1 atom stereocenters. The number of hydrogen-bond donors (Lipinski definition) is 2. The largest absolute Gasteiger partial charge is 0.356 e. The van der Waals surface area contributed by atoms with Crippen molar-refractivity contribution in [1.82, 2.24) is 20.4 Å². The second-order valence-corrected chi connectivity index (χ2v) is 9.35. The van der Waals surface area contributed by atoms with Gasteiger partial charge >= 0.3 is 0 Å². The maximum Gasteiger partial charge on any atom is 0.286 e. The summed E-state index contributed by atoms with van der Waals surface area (Å²) in [6.45, 7) is 5.76. The van der Waals surface area contributed by atoms with Crippen molar-refractivity contribution in [3.63, 3.8) is 0 Å². The van der Waals surface area contributed by atoms with Crippen LogP contribution in [0.5, 0.6) is 0 Å². The van der Waals surface area contributed by atoms with E-state index in [1.807, 2.05) is 0 Å². The van der Waals surface area contributed by atoms with E-state index in [1.54, 1.807) is 29.2 Å². The molecule has 2 N–H and O–H groups in total. The number of nitrogens with one attached hydrogen (secondary N) is 2.